The predicted octanol–water partition coefficient (Wildman–Crippen LogP) is 3.51. The number of amides is 2. The number of rotatable bonds is 8. The molecule has 1 aromatic heterocycles. The number of anilines is 1. The number of para-hydroxylation sites is 1. The third kappa shape index (κ3) is 5.92. The van der Waals surface area contributed by atoms with Crippen molar-refractivity contribution in [2.45, 2.75) is 13.3 Å². The van der Waals surface area contributed by atoms with Crippen LogP contribution in [0.15, 0.2) is 60.0 Å². The van der Waals surface area contributed by atoms with Gasteiger partial charge in [-0.15, -0.1) is 11.3 Å². The smallest absolute Gasteiger partial charge is 0.257 e. The first kappa shape index (κ1) is 19.6. The van der Waals surface area contributed by atoms with Crippen molar-refractivity contribution in [2.75, 3.05) is 18.5 Å². The fourth-order valence-electron chi connectivity index (χ4n) is 2.50. The molecule has 0 unspecified atom stereocenters. The third-order valence-electron chi connectivity index (χ3n) is 3.82. The first-order chi connectivity index (χ1) is 13.6. The zero-order valence-corrected chi connectivity index (χ0v) is 16.3. The van der Waals surface area contributed by atoms with E-state index in [0.717, 1.165) is 22.0 Å². The van der Waals surface area contributed by atoms with Crippen molar-refractivity contribution in [3.8, 4) is 16.3 Å². The maximum atomic E-state index is 11.9. The Hall–Kier alpha value is -3.19. The Kier molecular flexibility index (Phi) is 6.75. The molecule has 2 N–H and O–H groups in total. The standard InChI is InChI=1S/C21H21N3O3S/c1-15(25)23-17-9-7-16(8-10-17)21-24-18(14-28-21)11-12-22-20(26)13-27-19-5-3-2-4-6-19/h2-10,14H,11-13H2,1H3,(H,22,26)(H,23,25). The SMILES string of the molecule is CC(=O)Nc1ccc(-c2nc(CCNC(=O)COc3ccccc3)cs2)cc1. The molecule has 6 nitrogen and oxygen atoms in total. The van der Waals surface area contributed by atoms with Crippen molar-refractivity contribution < 1.29 is 14.3 Å². The summed E-state index contributed by atoms with van der Waals surface area (Å²) in [5.41, 5.74) is 2.68. The van der Waals surface area contributed by atoms with Gasteiger partial charge in [-0.25, -0.2) is 4.98 Å². The van der Waals surface area contributed by atoms with Gasteiger partial charge in [0.1, 0.15) is 10.8 Å². The number of benzene rings is 2. The van der Waals surface area contributed by atoms with Gasteiger partial charge in [0.15, 0.2) is 6.61 Å². The molecule has 0 saturated heterocycles. The van der Waals surface area contributed by atoms with Crippen LogP contribution < -0.4 is 15.4 Å². The average molecular weight is 395 g/mol. The van der Waals surface area contributed by atoms with Gasteiger partial charge in [0.25, 0.3) is 5.91 Å². The molecule has 3 aromatic rings. The Morgan fingerprint density at radius 1 is 1.07 bits per heavy atom. The Morgan fingerprint density at radius 3 is 2.54 bits per heavy atom. The zero-order valence-electron chi connectivity index (χ0n) is 15.5. The lowest BCUT2D eigenvalue weighted by atomic mass is 10.2. The van der Waals surface area contributed by atoms with Crippen molar-refractivity contribution in [1.82, 2.24) is 10.3 Å². The van der Waals surface area contributed by atoms with E-state index in [4.69, 9.17) is 4.74 Å². The van der Waals surface area contributed by atoms with Gasteiger partial charge in [-0.2, -0.15) is 0 Å². The maximum Gasteiger partial charge on any atom is 0.257 e. The van der Waals surface area contributed by atoms with Crippen LogP contribution in [0.5, 0.6) is 5.75 Å². The summed E-state index contributed by atoms with van der Waals surface area (Å²) in [6.45, 7) is 1.97. The molecule has 0 bridgehead atoms. The van der Waals surface area contributed by atoms with Crippen molar-refractivity contribution in [3.05, 3.63) is 65.7 Å². The highest BCUT2D eigenvalue weighted by molar-refractivity contribution is 7.13. The number of hydrogen-bond donors (Lipinski definition) is 2. The number of carbonyl (C=O) groups is 2. The van der Waals surface area contributed by atoms with Gasteiger partial charge in [0.2, 0.25) is 5.91 Å². The number of ether oxygens (including phenoxy) is 1. The zero-order chi connectivity index (χ0) is 19.8. The highest BCUT2D eigenvalue weighted by Crippen LogP contribution is 2.25. The van der Waals surface area contributed by atoms with E-state index >= 15 is 0 Å². The molecule has 0 saturated carbocycles. The van der Waals surface area contributed by atoms with Gasteiger partial charge >= 0.3 is 0 Å². The summed E-state index contributed by atoms with van der Waals surface area (Å²) in [6, 6.07) is 16.8. The number of hydrogen-bond acceptors (Lipinski definition) is 5. The van der Waals surface area contributed by atoms with E-state index in [-0.39, 0.29) is 18.4 Å². The predicted molar refractivity (Wildman–Crippen MR) is 111 cm³/mol. The minimum atomic E-state index is -0.159. The molecule has 0 radical (unpaired) electrons. The average Bonchev–Trinajstić information content (AvgIpc) is 3.16. The summed E-state index contributed by atoms with van der Waals surface area (Å²) in [7, 11) is 0. The summed E-state index contributed by atoms with van der Waals surface area (Å²) in [5, 5.41) is 8.47. The quantitative estimate of drug-likeness (QED) is 0.612. The van der Waals surface area contributed by atoms with Crippen molar-refractivity contribution in [2.24, 2.45) is 0 Å². The molecule has 7 heteroatoms. The molecule has 28 heavy (non-hydrogen) atoms. The Morgan fingerprint density at radius 2 is 1.82 bits per heavy atom. The van der Waals surface area contributed by atoms with Gasteiger partial charge in [-0.1, -0.05) is 18.2 Å². The molecule has 144 valence electrons. The number of nitrogens with zero attached hydrogens (tertiary/aromatic N) is 1. The Labute approximate surface area is 167 Å². The van der Waals surface area contributed by atoms with Crippen LogP contribution in [0.4, 0.5) is 5.69 Å². The topological polar surface area (TPSA) is 80.3 Å². The number of aromatic nitrogens is 1. The molecule has 0 aliphatic rings. The summed E-state index contributed by atoms with van der Waals surface area (Å²) in [5.74, 6) is 0.416. The second-order valence-electron chi connectivity index (χ2n) is 6.10. The lowest BCUT2D eigenvalue weighted by Crippen LogP contribution is -2.30. The summed E-state index contributed by atoms with van der Waals surface area (Å²) in [6.07, 6.45) is 0.650. The number of carbonyl (C=O) groups excluding carboxylic acids is 2. The van der Waals surface area contributed by atoms with E-state index in [1.165, 1.54) is 6.92 Å². The second-order valence-corrected chi connectivity index (χ2v) is 6.96. The highest BCUT2D eigenvalue weighted by Gasteiger charge is 2.07. The molecule has 0 fully saturated rings. The molecule has 0 aliphatic heterocycles. The van der Waals surface area contributed by atoms with E-state index in [1.54, 1.807) is 11.3 Å². The molecule has 1 heterocycles. The van der Waals surface area contributed by atoms with Crippen molar-refractivity contribution in [1.29, 1.82) is 0 Å². The van der Waals surface area contributed by atoms with Crippen LogP contribution in [-0.2, 0) is 16.0 Å². The molecule has 0 atom stereocenters. The lowest BCUT2D eigenvalue weighted by Gasteiger charge is -2.06. The molecule has 0 aliphatic carbocycles. The fraction of sp³-hybridized carbons (Fsp3) is 0.190. The van der Waals surface area contributed by atoms with Crippen LogP contribution in [0.2, 0.25) is 0 Å². The van der Waals surface area contributed by atoms with Crippen molar-refractivity contribution >= 4 is 28.8 Å². The van der Waals surface area contributed by atoms with Crippen molar-refractivity contribution in [3.63, 3.8) is 0 Å². The maximum absolute atomic E-state index is 11.9. The van der Waals surface area contributed by atoms with Gasteiger partial charge in [-0.3, -0.25) is 9.59 Å². The van der Waals surface area contributed by atoms with Crippen LogP contribution in [0.25, 0.3) is 10.6 Å². The van der Waals surface area contributed by atoms with Gasteiger partial charge in [-0.05, 0) is 36.4 Å². The summed E-state index contributed by atoms with van der Waals surface area (Å²) < 4.78 is 5.41. The van der Waals surface area contributed by atoms with Crippen LogP contribution in [-0.4, -0.2) is 29.9 Å². The van der Waals surface area contributed by atoms with E-state index < -0.39 is 0 Å². The first-order valence-corrected chi connectivity index (χ1v) is 9.75. The Balaban J connectivity index is 1.44. The molecular weight excluding hydrogens is 374 g/mol. The molecule has 2 aromatic carbocycles. The highest BCUT2D eigenvalue weighted by atomic mass is 32.1. The second kappa shape index (κ2) is 9.66. The van der Waals surface area contributed by atoms with Gasteiger partial charge in [0.05, 0.1) is 5.69 Å². The van der Waals surface area contributed by atoms with Gasteiger partial charge < -0.3 is 15.4 Å². The van der Waals surface area contributed by atoms with Gasteiger partial charge in [0, 0.05) is 36.5 Å². The van der Waals surface area contributed by atoms with E-state index in [9.17, 15) is 9.59 Å². The summed E-state index contributed by atoms with van der Waals surface area (Å²) >= 11 is 1.55. The monoisotopic (exact) mass is 395 g/mol. The van der Waals surface area contributed by atoms with E-state index in [1.807, 2.05) is 60.0 Å². The van der Waals surface area contributed by atoms with E-state index in [0.29, 0.717) is 18.7 Å². The third-order valence-corrected chi connectivity index (χ3v) is 4.76. The molecule has 0 spiro atoms. The lowest BCUT2D eigenvalue weighted by molar-refractivity contribution is -0.123. The number of thiazole rings is 1. The summed E-state index contributed by atoms with van der Waals surface area (Å²) in [4.78, 5) is 27.5. The Bertz CT molecular complexity index is 924. The largest absolute Gasteiger partial charge is 0.484 e. The fourth-order valence-corrected chi connectivity index (χ4v) is 3.36. The normalized spacial score (nSPS) is 10.3. The minimum absolute atomic E-state index is 0.00697. The van der Waals surface area contributed by atoms with Crippen LogP contribution in [0.3, 0.4) is 0 Å². The molecular formula is C21H21N3O3S. The van der Waals surface area contributed by atoms with Crippen LogP contribution >= 0.6 is 11.3 Å². The molecule has 3 rings (SSSR count). The number of nitrogens with one attached hydrogen (secondary N) is 2. The minimum Gasteiger partial charge on any atom is -0.484 e. The first-order valence-electron chi connectivity index (χ1n) is 8.87. The van der Waals surface area contributed by atoms with Crippen LogP contribution in [0, 0.1) is 0 Å². The molecule has 2 amide bonds. The van der Waals surface area contributed by atoms with Crippen LogP contribution in [0.1, 0.15) is 12.6 Å². The van der Waals surface area contributed by atoms with E-state index in [2.05, 4.69) is 15.6 Å².